The standard InChI is InChI=1S/C10H9F3O2/c1-15-9(14)3-2-6-4-7(11)10(13)8(12)5-6/h4-5H,2-3H2,1H3. The summed E-state index contributed by atoms with van der Waals surface area (Å²) in [6.07, 6.45) is 0.113. The number of halogens is 3. The number of rotatable bonds is 3. The highest BCUT2D eigenvalue weighted by Gasteiger charge is 2.11. The van der Waals surface area contributed by atoms with Crippen molar-refractivity contribution in [2.45, 2.75) is 12.8 Å². The molecular weight excluding hydrogens is 209 g/mol. The lowest BCUT2D eigenvalue weighted by Crippen LogP contribution is -2.03. The van der Waals surface area contributed by atoms with Gasteiger partial charge in [0.25, 0.3) is 0 Å². The summed E-state index contributed by atoms with van der Waals surface area (Å²) in [5.74, 6) is -4.50. The fourth-order valence-corrected chi connectivity index (χ4v) is 1.10. The molecule has 1 rings (SSSR count). The smallest absolute Gasteiger partial charge is 0.305 e. The van der Waals surface area contributed by atoms with Gasteiger partial charge in [0.2, 0.25) is 0 Å². The van der Waals surface area contributed by atoms with E-state index in [0.29, 0.717) is 0 Å². The molecule has 0 aliphatic heterocycles. The third kappa shape index (κ3) is 2.97. The summed E-state index contributed by atoms with van der Waals surface area (Å²) in [5.41, 5.74) is 0.219. The van der Waals surface area contributed by atoms with Gasteiger partial charge < -0.3 is 4.74 Å². The molecule has 0 aliphatic carbocycles. The predicted molar refractivity (Wildman–Crippen MR) is 46.7 cm³/mol. The van der Waals surface area contributed by atoms with Crippen LogP contribution in [0.4, 0.5) is 13.2 Å². The second-order valence-corrected chi connectivity index (χ2v) is 2.95. The first-order valence-corrected chi connectivity index (χ1v) is 4.25. The summed E-state index contributed by atoms with van der Waals surface area (Å²) in [4.78, 5) is 10.7. The van der Waals surface area contributed by atoms with E-state index in [2.05, 4.69) is 4.74 Å². The van der Waals surface area contributed by atoms with Gasteiger partial charge in [0.15, 0.2) is 17.5 Å². The zero-order valence-corrected chi connectivity index (χ0v) is 8.02. The molecule has 0 spiro atoms. The zero-order chi connectivity index (χ0) is 11.4. The number of hydrogen-bond donors (Lipinski definition) is 0. The second-order valence-electron chi connectivity index (χ2n) is 2.95. The number of carbonyl (C=O) groups is 1. The van der Waals surface area contributed by atoms with Crippen LogP contribution in [-0.2, 0) is 16.0 Å². The second kappa shape index (κ2) is 4.82. The fraction of sp³-hybridized carbons (Fsp3) is 0.300. The summed E-state index contributed by atoms with van der Waals surface area (Å²) in [5, 5.41) is 0. The Morgan fingerprint density at radius 2 is 1.80 bits per heavy atom. The minimum Gasteiger partial charge on any atom is -0.469 e. The molecule has 1 aromatic rings. The van der Waals surface area contributed by atoms with Gasteiger partial charge >= 0.3 is 5.97 Å². The molecule has 2 nitrogen and oxygen atoms in total. The van der Waals surface area contributed by atoms with E-state index in [1.54, 1.807) is 0 Å². The van der Waals surface area contributed by atoms with Gasteiger partial charge in [-0.1, -0.05) is 0 Å². The Morgan fingerprint density at radius 1 is 1.27 bits per heavy atom. The number of benzene rings is 1. The molecule has 82 valence electrons. The third-order valence-electron chi connectivity index (χ3n) is 1.89. The highest BCUT2D eigenvalue weighted by Crippen LogP contribution is 2.14. The van der Waals surface area contributed by atoms with Crippen LogP contribution in [-0.4, -0.2) is 13.1 Å². The maximum atomic E-state index is 12.7. The molecule has 0 amide bonds. The van der Waals surface area contributed by atoms with Crippen LogP contribution >= 0.6 is 0 Å². The van der Waals surface area contributed by atoms with E-state index >= 15 is 0 Å². The number of esters is 1. The molecule has 0 saturated carbocycles. The molecule has 0 aromatic heterocycles. The Morgan fingerprint density at radius 3 is 2.27 bits per heavy atom. The molecule has 0 bridgehead atoms. The van der Waals surface area contributed by atoms with Gasteiger partial charge in [-0.2, -0.15) is 0 Å². The number of methoxy groups -OCH3 is 1. The minimum absolute atomic E-state index is 0.00100. The van der Waals surface area contributed by atoms with Crippen molar-refractivity contribution < 1.29 is 22.7 Å². The molecule has 1 aromatic carbocycles. The molecule has 0 N–H and O–H groups in total. The van der Waals surface area contributed by atoms with Gasteiger partial charge in [0.1, 0.15) is 0 Å². The zero-order valence-electron chi connectivity index (χ0n) is 8.02. The molecule has 0 atom stereocenters. The number of ether oxygens (including phenoxy) is 1. The van der Waals surface area contributed by atoms with E-state index in [-0.39, 0.29) is 18.4 Å². The summed E-state index contributed by atoms with van der Waals surface area (Å²) < 4.78 is 42.3. The number of carbonyl (C=O) groups excluding carboxylic acids is 1. The van der Waals surface area contributed by atoms with Gasteiger partial charge in [0, 0.05) is 6.42 Å². The first-order chi connectivity index (χ1) is 7.04. The highest BCUT2D eigenvalue weighted by atomic mass is 19.2. The molecular formula is C10H9F3O2. The van der Waals surface area contributed by atoms with Crippen molar-refractivity contribution in [1.29, 1.82) is 0 Å². The molecule has 0 heterocycles. The Balaban J connectivity index is 2.75. The van der Waals surface area contributed by atoms with Crippen LogP contribution in [0.1, 0.15) is 12.0 Å². The van der Waals surface area contributed by atoms with Gasteiger partial charge in [0.05, 0.1) is 7.11 Å². The molecule has 0 unspecified atom stereocenters. The lowest BCUT2D eigenvalue weighted by atomic mass is 10.1. The van der Waals surface area contributed by atoms with Crippen LogP contribution in [0.15, 0.2) is 12.1 Å². The largest absolute Gasteiger partial charge is 0.469 e. The molecule has 0 fully saturated rings. The van der Waals surface area contributed by atoms with Crippen molar-refractivity contribution in [2.75, 3.05) is 7.11 Å². The summed E-state index contributed by atoms with van der Waals surface area (Å²) >= 11 is 0. The van der Waals surface area contributed by atoms with Crippen LogP contribution in [0.25, 0.3) is 0 Å². The number of aryl methyl sites for hydroxylation is 1. The normalized spacial score (nSPS) is 10.1. The maximum Gasteiger partial charge on any atom is 0.305 e. The van der Waals surface area contributed by atoms with Crippen LogP contribution in [0.5, 0.6) is 0 Å². The summed E-state index contributed by atoms with van der Waals surface area (Å²) in [6, 6.07) is 1.72. The minimum atomic E-state index is -1.50. The molecule has 0 aliphatic rings. The quantitative estimate of drug-likeness (QED) is 0.574. The summed E-state index contributed by atoms with van der Waals surface area (Å²) in [7, 11) is 1.22. The Hall–Kier alpha value is -1.52. The van der Waals surface area contributed by atoms with Crippen molar-refractivity contribution in [1.82, 2.24) is 0 Å². The van der Waals surface area contributed by atoms with Crippen LogP contribution in [0.2, 0.25) is 0 Å². The van der Waals surface area contributed by atoms with Gasteiger partial charge in [-0.15, -0.1) is 0 Å². The summed E-state index contributed by atoms with van der Waals surface area (Å²) in [6.45, 7) is 0. The average molecular weight is 218 g/mol. The maximum absolute atomic E-state index is 12.7. The van der Waals surface area contributed by atoms with Gasteiger partial charge in [-0.3, -0.25) is 4.79 Å². The van der Waals surface area contributed by atoms with Crippen molar-refractivity contribution in [2.24, 2.45) is 0 Å². The Labute approximate surface area is 84.7 Å². The van der Waals surface area contributed by atoms with Crippen LogP contribution in [0.3, 0.4) is 0 Å². The SMILES string of the molecule is COC(=O)CCc1cc(F)c(F)c(F)c1. The van der Waals surface area contributed by atoms with Crippen LogP contribution < -0.4 is 0 Å². The first-order valence-electron chi connectivity index (χ1n) is 4.25. The van der Waals surface area contributed by atoms with Crippen LogP contribution in [0, 0.1) is 17.5 Å². The fourth-order valence-electron chi connectivity index (χ4n) is 1.10. The lowest BCUT2D eigenvalue weighted by molar-refractivity contribution is -0.140. The van der Waals surface area contributed by atoms with Gasteiger partial charge in [-0.05, 0) is 24.1 Å². The Bertz CT molecular complexity index is 354. The van der Waals surface area contributed by atoms with E-state index in [9.17, 15) is 18.0 Å². The van der Waals surface area contributed by atoms with Crippen molar-refractivity contribution in [3.8, 4) is 0 Å². The molecule has 15 heavy (non-hydrogen) atoms. The molecule has 5 heteroatoms. The monoisotopic (exact) mass is 218 g/mol. The van der Waals surface area contributed by atoms with Gasteiger partial charge in [-0.25, -0.2) is 13.2 Å². The van der Waals surface area contributed by atoms with E-state index < -0.39 is 23.4 Å². The van der Waals surface area contributed by atoms with E-state index in [1.165, 1.54) is 7.11 Å². The molecule has 0 radical (unpaired) electrons. The lowest BCUT2D eigenvalue weighted by Gasteiger charge is -2.02. The van der Waals surface area contributed by atoms with E-state index in [0.717, 1.165) is 12.1 Å². The third-order valence-corrected chi connectivity index (χ3v) is 1.89. The highest BCUT2D eigenvalue weighted by molar-refractivity contribution is 5.69. The van der Waals surface area contributed by atoms with Crippen molar-refractivity contribution in [3.63, 3.8) is 0 Å². The first kappa shape index (κ1) is 11.6. The van der Waals surface area contributed by atoms with E-state index in [1.807, 2.05) is 0 Å². The van der Waals surface area contributed by atoms with Crippen molar-refractivity contribution in [3.05, 3.63) is 35.1 Å². The predicted octanol–water partition coefficient (Wildman–Crippen LogP) is 2.21. The van der Waals surface area contributed by atoms with E-state index in [4.69, 9.17) is 0 Å². The topological polar surface area (TPSA) is 26.3 Å². The molecule has 0 saturated heterocycles. The van der Waals surface area contributed by atoms with Crippen molar-refractivity contribution >= 4 is 5.97 Å². The average Bonchev–Trinajstić information content (AvgIpc) is 2.22. The number of hydrogen-bond acceptors (Lipinski definition) is 2. The Kier molecular flexibility index (Phi) is 3.71.